The first-order valence-electron chi connectivity index (χ1n) is 8.94. The highest BCUT2D eigenvalue weighted by Gasteiger charge is 2.21. The van der Waals surface area contributed by atoms with Crippen LogP contribution in [0, 0.1) is 0 Å². The molecule has 0 saturated carbocycles. The molecule has 9 nitrogen and oxygen atoms in total. The summed E-state index contributed by atoms with van der Waals surface area (Å²) in [5.41, 5.74) is 8.71. The van der Waals surface area contributed by atoms with Gasteiger partial charge in [-0.1, -0.05) is 41.6 Å². The number of hydrogen-bond acceptors (Lipinski definition) is 9. The largest absolute Gasteiger partial charge is 0.372 e. The van der Waals surface area contributed by atoms with E-state index in [2.05, 4.69) is 19.1 Å². The molecule has 3 aromatic rings. The Bertz CT molecular complexity index is 1220. The van der Waals surface area contributed by atoms with E-state index >= 15 is 0 Å². The first-order valence-corrected chi connectivity index (χ1v) is 11.8. The first-order chi connectivity index (χ1) is 14.3. The van der Waals surface area contributed by atoms with Gasteiger partial charge in [0.1, 0.15) is 0 Å². The second-order valence-electron chi connectivity index (χ2n) is 6.54. The second-order valence-corrected chi connectivity index (χ2v) is 9.23. The van der Waals surface area contributed by atoms with E-state index in [9.17, 15) is 8.42 Å². The summed E-state index contributed by atoms with van der Waals surface area (Å²) in [6, 6.07) is 7.82. The van der Waals surface area contributed by atoms with E-state index in [1.165, 1.54) is 11.8 Å². The number of benzene rings is 2. The number of ether oxygens (including phenoxy) is 1. The summed E-state index contributed by atoms with van der Waals surface area (Å²) in [7, 11) is -3.94. The molecule has 158 valence electrons. The minimum absolute atomic E-state index is 0.0258. The van der Waals surface area contributed by atoms with Crippen LogP contribution < -0.4 is 10.9 Å². The molecule has 0 aliphatic carbocycles. The van der Waals surface area contributed by atoms with E-state index in [4.69, 9.17) is 27.2 Å². The van der Waals surface area contributed by atoms with E-state index in [0.29, 0.717) is 47.0 Å². The molecule has 12 heteroatoms. The Labute approximate surface area is 182 Å². The summed E-state index contributed by atoms with van der Waals surface area (Å²) in [5.74, 6) is 0.960. The molecule has 30 heavy (non-hydrogen) atoms. The Morgan fingerprint density at radius 1 is 1.20 bits per heavy atom. The highest BCUT2D eigenvalue weighted by Crippen LogP contribution is 2.39. The van der Waals surface area contributed by atoms with Crippen LogP contribution in [-0.4, -0.2) is 35.7 Å². The fourth-order valence-corrected chi connectivity index (χ4v) is 4.71. The standard InChI is InChI=1S/C18H18ClN5O4S2/c19-13-7-11-9-27-8-10-3-1-4-12(14(10)11)15(13)16-22-17(20)24-18(23-16)29-6-2-5-28-30(21,25)26/h1,3-4,7H,2,5-6,8-9H2,(H2,21,25,26)(H2,20,22,23,24). The minimum atomic E-state index is -3.94. The molecule has 0 amide bonds. The third-order valence-electron chi connectivity index (χ3n) is 4.42. The molecule has 0 bridgehead atoms. The van der Waals surface area contributed by atoms with Crippen molar-refractivity contribution in [2.24, 2.45) is 5.14 Å². The van der Waals surface area contributed by atoms with Gasteiger partial charge in [0, 0.05) is 11.3 Å². The lowest BCUT2D eigenvalue weighted by molar-refractivity contribution is 0.103. The lowest BCUT2D eigenvalue weighted by Crippen LogP contribution is -2.16. The molecule has 2 aromatic carbocycles. The van der Waals surface area contributed by atoms with Crippen LogP contribution in [0.15, 0.2) is 29.4 Å². The van der Waals surface area contributed by atoms with E-state index in [0.717, 1.165) is 21.9 Å². The molecule has 4 rings (SSSR count). The van der Waals surface area contributed by atoms with Crippen molar-refractivity contribution in [1.82, 2.24) is 15.0 Å². The summed E-state index contributed by atoms with van der Waals surface area (Å²) in [4.78, 5) is 13.0. The van der Waals surface area contributed by atoms with Crippen LogP contribution in [0.5, 0.6) is 0 Å². The van der Waals surface area contributed by atoms with Crippen LogP contribution in [0.25, 0.3) is 22.2 Å². The normalized spacial score (nSPS) is 13.7. The van der Waals surface area contributed by atoms with Gasteiger partial charge >= 0.3 is 10.3 Å². The molecule has 0 radical (unpaired) electrons. The lowest BCUT2D eigenvalue weighted by atomic mass is 9.94. The molecule has 0 saturated heterocycles. The van der Waals surface area contributed by atoms with E-state index in [-0.39, 0.29) is 12.6 Å². The van der Waals surface area contributed by atoms with Crippen LogP contribution in [0.3, 0.4) is 0 Å². The maximum Gasteiger partial charge on any atom is 0.333 e. The summed E-state index contributed by atoms with van der Waals surface area (Å²) in [5, 5.41) is 7.74. The number of rotatable bonds is 7. The van der Waals surface area contributed by atoms with E-state index in [1.54, 1.807) is 0 Å². The molecular formula is C18H18ClN5O4S2. The van der Waals surface area contributed by atoms with Crippen molar-refractivity contribution in [2.75, 3.05) is 18.1 Å². The summed E-state index contributed by atoms with van der Waals surface area (Å²) < 4.78 is 31.8. The van der Waals surface area contributed by atoms with Crippen molar-refractivity contribution >= 4 is 50.4 Å². The lowest BCUT2D eigenvalue weighted by Gasteiger charge is -2.20. The number of halogens is 1. The highest BCUT2D eigenvalue weighted by molar-refractivity contribution is 7.99. The van der Waals surface area contributed by atoms with Gasteiger partial charge in [0.05, 0.1) is 24.8 Å². The van der Waals surface area contributed by atoms with Gasteiger partial charge in [-0.3, -0.25) is 4.18 Å². The van der Waals surface area contributed by atoms with Crippen molar-refractivity contribution < 1.29 is 17.3 Å². The Balaban J connectivity index is 1.65. The molecule has 0 spiro atoms. The first kappa shape index (κ1) is 21.2. The zero-order valence-electron chi connectivity index (χ0n) is 15.7. The predicted octanol–water partition coefficient (Wildman–Crippen LogP) is 2.66. The molecule has 1 aromatic heterocycles. The van der Waals surface area contributed by atoms with Gasteiger partial charge in [-0.2, -0.15) is 18.4 Å². The third-order valence-corrected chi connectivity index (χ3v) is 6.15. The van der Waals surface area contributed by atoms with E-state index in [1.807, 2.05) is 24.3 Å². The van der Waals surface area contributed by atoms with Crippen molar-refractivity contribution in [3.8, 4) is 11.4 Å². The van der Waals surface area contributed by atoms with E-state index < -0.39 is 10.3 Å². The fraction of sp³-hybridized carbons (Fsp3) is 0.278. The number of thioether (sulfide) groups is 1. The van der Waals surface area contributed by atoms with Crippen LogP contribution in [0.4, 0.5) is 5.95 Å². The second kappa shape index (κ2) is 8.61. The van der Waals surface area contributed by atoms with Crippen LogP contribution in [-0.2, 0) is 32.4 Å². The van der Waals surface area contributed by atoms with Gasteiger partial charge in [0.25, 0.3) is 0 Å². The molecule has 1 aliphatic heterocycles. The Morgan fingerprint density at radius 2 is 2.00 bits per heavy atom. The van der Waals surface area contributed by atoms with Crippen LogP contribution in [0.2, 0.25) is 5.02 Å². The minimum Gasteiger partial charge on any atom is -0.372 e. The van der Waals surface area contributed by atoms with Gasteiger partial charge in [-0.25, -0.2) is 10.1 Å². The van der Waals surface area contributed by atoms with Gasteiger partial charge in [0.2, 0.25) is 5.95 Å². The monoisotopic (exact) mass is 467 g/mol. The van der Waals surface area contributed by atoms with Crippen molar-refractivity contribution in [1.29, 1.82) is 0 Å². The molecule has 4 N–H and O–H groups in total. The summed E-state index contributed by atoms with van der Waals surface area (Å²) in [6.07, 6.45) is 0.434. The van der Waals surface area contributed by atoms with Crippen LogP contribution >= 0.6 is 23.4 Å². The quantitative estimate of drug-likeness (QED) is 0.395. The fourth-order valence-electron chi connectivity index (χ4n) is 3.29. The molecular weight excluding hydrogens is 450 g/mol. The number of nitrogens with zero attached hydrogens (tertiary/aromatic N) is 3. The molecule has 0 fully saturated rings. The Hall–Kier alpha value is -2.02. The van der Waals surface area contributed by atoms with Gasteiger partial charge in [-0.15, -0.1) is 0 Å². The van der Waals surface area contributed by atoms with Gasteiger partial charge < -0.3 is 10.5 Å². The molecule has 0 unspecified atom stereocenters. The maximum atomic E-state index is 10.8. The third kappa shape index (κ3) is 4.66. The average Bonchev–Trinajstić information content (AvgIpc) is 2.67. The number of nitrogen functional groups attached to an aromatic ring is 1. The Kier molecular flexibility index (Phi) is 6.09. The van der Waals surface area contributed by atoms with Crippen LogP contribution in [0.1, 0.15) is 17.5 Å². The molecule has 2 heterocycles. The summed E-state index contributed by atoms with van der Waals surface area (Å²) >= 11 is 7.91. The van der Waals surface area contributed by atoms with Gasteiger partial charge in [0.15, 0.2) is 11.0 Å². The molecule has 1 aliphatic rings. The summed E-state index contributed by atoms with van der Waals surface area (Å²) in [6.45, 7) is 1.00. The van der Waals surface area contributed by atoms with Crippen molar-refractivity contribution in [3.63, 3.8) is 0 Å². The average molecular weight is 468 g/mol. The topological polar surface area (TPSA) is 143 Å². The zero-order chi connectivity index (χ0) is 21.3. The SMILES string of the molecule is Nc1nc(SCCCOS(N)(=O)=O)nc(-c2c(Cl)cc3c4c(cccc24)COC3)n1. The smallest absolute Gasteiger partial charge is 0.333 e. The Morgan fingerprint density at radius 3 is 2.80 bits per heavy atom. The van der Waals surface area contributed by atoms with Gasteiger partial charge in [-0.05, 0) is 34.4 Å². The van der Waals surface area contributed by atoms with Crippen molar-refractivity contribution in [2.45, 2.75) is 24.8 Å². The van der Waals surface area contributed by atoms with Crippen molar-refractivity contribution in [3.05, 3.63) is 40.4 Å². The number of aromatic nitrogens is 3. The number of hydrogen-bond donors (Lipinski definition) is 2. The predicted molar refractivity (Wildman–Crippen MR) is 115 cm³/mol. The molecule has 0 atom stereocenters. The maximum absolute atomic E-state index is 10.8. The number of anilines is 1. The highest BCUT2D eigenvalue weighted by atomic mass is 35.5. The number of nitrogens with two attached hydrogens (primary N) is 2. The zero-order valence-corrected chi connectivity index (χ0v) is 18.1.